The zero-order chi connectivity index (χ0) is 26.7. The quantitative estimate of drug-likeness (QED) is 0.473. The number of fused-ring (bicyclic) bond motifs is 1. The Morgan fingerprint density at radius 1 is 0.946 bits per heavy atom. The number of para-hydroxylation sites is 1. The number of nitrogens with zero attached hydrogens (tertiary/aromatic N) is 2. The van der Waals surface area contributed by atoms with Gasteiger partial charge in [0, 0.05) is 12.2 Å². The second-order valence-electron chi connectivity index (χ2n) is 9.44. The molecule has 8 heteroatoms. The summed E-state index contributed by atoms with van der Waals surface area (Å²) in [5, 5.41) is 2.87. The molecule has 3 aromatic carbocycles. The van der Waals surface area contributed by atoms with Crippen LogP contribution in [0.15, 0.2) is 72.8 Å². The summed E-state index contributed by atoms with van der Waals surface area (Å²) in [6.07, 6.45) is 0. The van der Waals surface area contributed by atoms with Crippen molar-refractivity contribution in [3.8, 4) is 5.75 Å². The Hall–Kier alpha value is -4.46. The van der Waals surface area contributed by atoms with Gasteiger partial charge in [-0.25, -0.2) is 0 Å². The molecule has 1 aliphatic heterocycles. The molecule has 0 saturated carbocycles. The van der Waals surface area contributed by atoms with E-state index in [2.05, 4.69) is 5.32 Å². The van der Waals surface area contributed by atoms with Gasteiger partial charge in [-0.2, -0.15) is 0 Å². The topological polar surface area (TPSA) is 96.0 Å². The smallest absolute Gasteiger partial charge is 0.299 e. The number of hydrogen-bond donors (Lipinski definition) is 1. The number of amides is 3. The Kier molecular flexibility index (Phi) is 7.11. The van der Waals surface area contributed by atoms with Gasteiger partial charge < -0.3 is 15.0 Å². The minimum absolute atomic E-state index is 0.139. The zero-order valence-electron chi connectivity index (χ0n) is 21.3. The molecule has 8 nitrogen and oxygen atoms in total. The van der Waals surface area contributed by atoms with Crippen molar-refractivity contribution >= 4 is 34.9 Å². The molecular weight excluding hydrogens is 470 g/mol. The zero-order valence-corrected chi connectivity index (χ0v) is 21.3. The SMILES string of the molecule is COc1ccc(NC(=O)C(C)(C)N(Cc2ccc(C)cc2)C(=O)CN2C(=O)C(=O)c3ccccc32)cc1. The monoisotopic (exact) mass is 499 g/mol. The molecule has 0 atom stereocenters. The first kappa shape index (κ1) is 25.6. The van der Waals surface area contributed by atoms with Crippen LogP contribution in [0.5, 0.6) is 5.75 Å². The number of carbonyl (C=O) groups is 4. The molecule has 1 heterocycles. The molecule has 4 rings (SSSR count). The van der Waals surface area contributed by atoms with Crippen LogP contribution in [0.2, 0.25) is 0 Å². The molecule has 1 aliphatic rings. The van der Waals surface area contributed by atoms with Crippen LogP contribution in [0.3, 0.4) is 0 Å². The maximum absolute atomic E-state index is 13.7. The van der Waals surface area contributed by atoms with Crippen molar-refractivity contribution in [2.45, 2.75) is 32.9 Å². The summed E-state index contributed by atoms with van der Waals surface area (Å²) in [6.45, 7) is 5.05. The molecule has 0 spiro atoms. The van der Waals surface area contributed by atoms with Gasteiger partial charge in [0.1, 0.15) is 17.8 Å². The van der Waals surface area contributed by atoms with Crippen molar-refractivity contribution in [1.82, 2.24) is 4.90 Å². The highest BCUT2D eigenvalue weighted by atomic mass is 16.5. The van der Waals surface area contributed by atoms with Crippen molar-refractivity contribution in [1.29, 1.82) is 0 Å². The minimum atomic E-state index is -1.30. The van der Waals surface area contributed by atoms with E-state index in [1.165, 1.54) is 9.80 Å². The molecule has 0 bridgehead atoms. The maximum atomic E-state index is 13.7. The first-order chi connectivity index (χ1) is 17.6. The number of ketones is 1. The van der Waals surface area contributed by atoms with Crippen LogP contribution < -0.4 is 15.0 Å². The van der Waals surface area contributed by atoms with Crippen LogP contribution in [0.4, 0.5) is 11.4 Å². The molecule has 3 aromatic rings. The predicted octanol–water partition coefficient (Wildman–Crippen LogP) is 3.98. The fourth-order valence-corrected chi connectivity index (χ4v) is 4.18. The van der Waals surface area contributed by atoms with E-state index in [1.54, 1.807) is 69.5 Å². The Balaban J connectivity index is 1.62. The third-order valence-electron chi connectivity index (χ3n) is 6.51. The second-order valence-corrected chi connectivity index (χ2v) is 9.44. The van der Waals surface area contributed by atoms with Crippen molar-refractivity contribution in [3.05, 3.63) is 89.5 Å². The molecule has 37 heavy (non-hydrogen) atoms. The van der Waals surface area contributed by atoms with Gasteiger partial charge in [-0.05, 0) is 62.7 Å². The van der Waals surface area contributed by atoms with Gasteiger partial charge in [0.05, 0.1) is 18.4 Å². The Bertz CT molecular complexity index is 1350. The summed E-state index contributed by atoms with van der Waals surface area (Å²) in [5.41, 5.74) is 1.80. The van der Waals surface area contributed by atoms with Gasteiger partial charge in [-0.1, -0.05) is 42.0 Å². The van der Waals surface area contributed by atoms with Crippen molar-refractivity contribution in [2.75, 3.05) is 23.9 Å². The summed E-state index contributed by atoms with van der Waals surface area (Å²) in [5.74, 6) is -1.62. The van der Waals surface area contributed by atoms with Gasteiger partial charge in [0.25, 0.3) is 11.7 Å². The lowest BCUT2D eigenvalue weighted by molar-refractivity contribution is -0.143. The second kappa shape index (κ2) is 10.3. The number of rotatable bonds is 8. The molecule has 0 aromatic heterocycles. The lowest BCUT2D eigenvalue weighted by atomic mass is 9.99. The predicted molar refractivity (Wildman–Crippen MR) is 141 cm³/mol. The fourth-order valence-electron chi connectivity index (χ4n) is 4.18. The molecule has 0 aliphatic carbocycles. The number of benzene rings is 3. The minimum Gasteiger partial charge on any atom is -0.497 e. The number of anilines is 2. The van der Waals surface area contributed by atoms with Gasteiger partial charge in [-0.3, -0.25) is 24.1 Å². The normalized spacial score (nSPS) is 12.8. The fraction of sp³-hybridized carbons (Fsp3) is 0.241. The van der Waals surface area contributed by atoms with E-state index in [9.17, 15) is 19.2 Å². The van der Waals surface area contributed by atoms with E-state index in [1.807, 2.05) is 31.2 Å². The number of hydrogen-bond acceptors (Lipinski definition) is 5. The van der Waals surface area contributed by atoms with E-state index in [4.69, 9.17) is 4.74 Å². The summed E-state index contributed by atoms with van der Waals surface area (Å²) in [4.78, 5) is 55.0. The lowest BCUT2D eigenvalue weighted by Crippen LogP contribution is -2.57. The van der Waals surface area contributed by atoms with Crippen molar-refractivity contribution < 1.29 is 23.9 Å². The van der Waals surface area contributed by atoms with Crippen LogP contribution in [0, 0.1) is 6.92 Å². The summed E-state index contributed by atoms with van der Waals surface area (Å²) in [7, 11) is 1.56. The Morgan fingerprint density at radius 2 is 1.59 bits per heavy atom. The molecular formula is C29H29N3O5. The Labute approximate surface area is 215 Å². The third kappa shape index (κ3) is 5.23. The standard InChI is InChI=1S/C29H29N3O5/c1-19-9-11-20(12-10-19)17-32(29(2,3)28(36)30-21-13-15-22(37-4)16-14-21)25(33)18-31-24-8-6-5-7-23(24)26(34)27(31)35/h5-16H,17-18H2,1-4H3,(H,30,36). The van der Waals surface area contributed by atoms with Gasteiger partial charge in [0.15, 0.2) is 0 Å². The van der Waals surface area contributed by atoms with E-state index in [0.717, 1.165) is 11.1 Å². The van der Waals surface area contributed by atoms with Crippen molar-refractivity contribution in [2.24, 2.45) is 0 Å². The molecule has 0 radical (unpaired) electrons. The number of Topliss-reactive ketones (excluding diaryl/α,β-unsaturated/α-hetero) is 1. The summed E-state index contributed by atoms with van der Waals surface area (Å²) in [6, 6.07) is 21.1. The first-order valence-electron chi connectivity index (χ1n) is 11.9. The highest BCUT2D eigenvalue weighted by Crippen LogP contribution is 2.29. The van der Waals surface area contributed by atoms with Crippen molar-refractivity contribution in [3.63, 3.8) is 0 Å². The van der Waals surface area contributed by atoms with E-state index in [0.29, 0.717) is 17.1 Å². The maximum Gasteiger partial charge on any atom is 0.299 e. The van der Waals surface area contributed by atoms with Crippen LogP contribution >= 0.6 is 0 Å². The average Bonchev–Trinajstić information content (AvgIpc) is 3.13. The molecule has 3 amide bonds. The number of methoxy groups -OCH3 is 1. The van der Waals surface area contributed by atoms with E-state index < -0.39 is 29.0 Å². The van der Waals surface area contributed by atoms with Crippen LogP contribution in [0.25, 0.3) is 0 Å². The van der Waals surface area contributed by atoms with Gasteiger partial charge in [-0.15, -0.1) is 0 Å². The number of carbonyl (C=O) groups excluding carboxylic acids is 4. The van der Waals surface area contributed by atoms with E-state index in [-0.39, 0.29) is 18.7 Å². The number of nitrogens with one attached hydrogen (secondary N) is 1. The summed E-state index contributed by atoms with van der Waals surface area (Å²) >= 11 is 0. The Morgan fingerprint density at radius 3 is 2.24 bits per heavy atom. The molecule has 0 fully saturated rings. The van der Waals surface area contributed by atoms with Crippen LogP contribution in [0.1, 0.15) is 35.3 Å². The number of aryl methyl sites for hydroxylation is 1. The lowest BCUT2D eigenvalue weighted by Gasteiger charge is -2.38. The molecule has 0 saturated heterocycles. The highest BCUT2D eigenvalue weighted by Gasteiger charge is 2.42. The average molecular weight is 500 g/mol. The summed E-state index contributed by atoms with van der Waals surface area (Å²) < 4.78 is 5.17. The van der Waals surface area contributed by atoms with Gasteiger partial charge >= 0.3 is 0 Å². The first-order valence-corrected chi connectivity index (χ1v) is 11.9. The van der Waals surface area contributed by atoms with E-state index >= 15 is 0 Å². The van der Waals surface area contributed by atoms with Crippen LogP contribution in [-0.4, -0.2) is 47.6 Å². The number of ether oxygens (including phenoxy) is 1. The molecule has 1 N–H and O–H groups in total. The highest BCUT2D eigenvalue weighted by molar-refractivity contribution is 6.52. The largest absolute Gasteiger partial charge is 0.497 e. The van der Waals surface area contributed by atoms with Gasteiger partial charge in [0.2, 0.25) is 11.8 Å². The van der Waals surface area contributed by atoms with Crippen LogP contribution in [-0.2, 0) is 20.9 Å². The third-order valence-corrected chi connectivity index (χ3v) is 6.51. The molecule has 190 valence electrons. The molecule has 0 unspecified atom stereocenters.